The summed E-state index contributed by atoms with van der Waals surface area (Å²) in [6.45, 7) is 4.94. The molecule has 1 amide bonds. The van der Waals surface area contributed by atoms with Gasteiger partial charge in [0.25, 0.3) is 5.91 Å². The second kappa shape index (κ2) is 11.6. The third-order valence-corrected chi connectivity index (χ3v) is 6.86. The zero-order chi connectivity index (χ0) is 25.7. The van der Waals surface area contributed by atoms with Crippen LogP contribution in [0.15, 0.2) is 47.6 Å². The standard InChI is InChI=1S/C28H35N3O5/c1-5-36-28(33)24-8-6-7-15-30(24)18-27(32)31-25(22-14-13-21(34-3)16-26(22)35-4)17-23(29-31)20-11-9-19(2)10-12-20/h9-14,16,24-25H,5-8,15,17-18H2,1-4H3. The zero-order valence-electron chi connectivity index (χ0n) is 21.5. The van der Waals surface area contributed by atoms with Gasteiger partial charge in [-0.3, -0.25) is 14.5 Å². The van der Waals surface area contributed by atoms with Crippen molar-refractivity contribution in [1.82, 2.24) is 9.91 Å². The zero-order valence-corrected chi connectivity index (χ0v) is 21.5. The van der Waals surface area contributed by atoms with Gasteiger partial charge in [0.15, 0.2) is 0 Å². The number of benzene rings is 2. The molecule has 8 heteroatoms. The van der Waals surface area contributed by atoms with Gasteiger partial charge in [-0.15, -0.1) is 0 Å². The fourth-order valence-electron chi connectivity index (χ4n) is 4.93. The molecule has 4 rings (SSSR count). The number of nitrogens with zero attached hydrogens (tertiary/aromatic N) is 3. The van der Waals surface area contributed by atoms with Crippen molar-refractivity contribution in [3.05, 3.63) is 59.2 Å². The number of piperidine rings is 1. The number of carbonyl (C=O) groups is 2. The minimum Gasteiger partial charge on any atom is -0.497 e. The highest BCUT2D eigenvalue weighted by Gasteiger charge is 2.38. The molecule has 2 aromatic rings. The van der Waals surface area contributed by atoms with E-state index in [4.69, 9.17) is 19.3 Å². The van der Waals surface area contributed by atoms with Gasteiger partial charge in [0.1, 0.15) is 17.5 Å². The van der Waals surface area contributed by atoms with Crippen molar-refractivity contribution in [2.75, 3.05) is 33.9 Å². The van der Waals surface area contributed by atoms with Crippen LogP contribution in [0.2, 0.25) is 0 Å². The van der Waals surface area contributed by atoms with Crippen LogP contribution < -0.4 is 9.47 Å². The number of methoxy groups -OCH3 is 2. The van der Waals surface area contributed by atoms with Crippen molar-refractivity contribution in [3.8, 4) is 11.5 Å². The Labute approximate surface area is 212 Å². The second-order valence-electron chi connectivity index (χ2n) is 9.21. The quantitative estimate of drug-likeness (QED) is 0.515. The van der Waals surface area contributed by atoms with Crippen molar-refractivity contribution in [2.45, 2.75) is 51.6 Å². The summed E-state index contributed by atoms with van der Waals surface area (Å²) >= 11 is 0. The number of hydrazone groups is 1. The average Bonchev–Trinajstić information content (AvgIpc) is 3.34. The first-order valence-electron chi connectivity index (χ1n) is 12.5. The largest absolute Gasteiger partial charge is 0.497 e. The van der Waals surface area contributed by atoms with Gasteiger partial charge >= 0.3 is 5.97 Å². The molecule has 0 saturated carbocycles. The number of amides is 1. The van der Waals surface area contributed by atoms with Crippen LogP contribution in [0.4, 0.5) is 0 Å². The summed E-state index contributed by atoms with van der Waals surface area (Å²) in [5.41, 5.74) is 3.84. The predicted octanol–water partition coefficient (Wildman–Crippen LogP) is 4.11. The summed E-state index contributed by atoms with van der Waals surface area (Å²) in [6.07, 6.45) is 3.13. The first-order chi connectivity index (χ1) is 17.4. The number of hydrogen-bond acceptors (Lipinski definition) is 7. The molecule has 0 aliphatic carbocycles. The Bertz CT molecular complexity index is 1110. The summed E-state index contributed by atoms with van der Waals surface area (Å²) in [4.78, 5) is 28.2. The number of rotatable bonds is 8. The van der Waals surface area contributed by atoms with Crippen molar-refractivity contribution >= 4 is 17.6 Å². The maximum atomic E-state index is 13.7. The molecule has 0 spiro atoms. The van der Waals surface area contributed by atoms with Crippen LogP contribution in [-0.4, -0.2) is 67.5 Å². The molecular weight excluding hydrogens is 458 g/mol. The fourth-order valence-corrected chi connectivity index (χ4v) is 4.93. The smallest absolute Gasteiger partial charge is 0.323 e. The predicted molar refractivity (Wildman–Crippen MR) is 137 cm³/mol. The molecule has 1 fully saturated rings. The highest BCUT2D eigenvalue weighted by molar-refractivity contribution is 6.03. The number of likely N-dealkylation sites (tertiary alicyclic amines) is 1. The first kappa shape index (κ1) is 25.7. The molecule has 8 nitrogen and oxygen atoms in total. The first-order valence-corrected chi connectivity index (χ1v) is 12.5. The van der Waals surface area contributed by atoms with Gasteiger partial charge in [0.05, 0.1) is 39.1 Å². The summed E-state index contributed by atoms with van der Waals surface area (Å²) in [5.74, 6) is 0.899. The number of aryl methyl sites for hydroxylation is 1. The van der Waals surface area contributed by atoms with Crippen LogP contribution in [0.5, 0.6) is 11.5 Å². The van der Waals surface area contributed by atoms with E-state index >= 15 is 0 Å². The van der Waals surface area contributed by atoms with E-state index in [1.807, 2.05) is 54.3 Å². The van der Waals surface area contributed by atoms with Gasteiger partial charge in [-0.1, -0.05) is 36.2 Å². The molecule has 192 valence electrons. The van der Waals surface area contributed by atoms with E-state index < -0.39 is 6.04 Å². The SMILES string of the molecule is CCOC(=O)C1CCCCN1CC(=O)N1N=C(c2ccc(C)cc2)CC1c1ccc(OC)cc1OC. The number of hydrogen-bond donors (Lipinski definition) is 0. The van der Waals surface area contributed by atoms with E-state index in [1.165, 1.54) is 0 Å². The van der Waals surface area contributed by atoms with Crippen LogP contribution in [-0.2, 0) is 14.3 Å². The van der Waals surface area contributed by atoms with Crippen LogP contribution in [0.1, 0.15) is 55.3 Å². The lowest BCUT2D eigenvalue weighted by Crippen LogP contribution is -2.49. The minimum absolute atomic E-state index is 0.100. The maximum absolute atomic E-state index is 13.7. The van der Waals surface area contributed by atoms with Gasteiger partial charge in [0.2, 0.25) is 0 Å². The molecule has 2 heterocycles. The maximum Gasteiger partial charge on any atom is 0.323 e. The molecule has 2 unspecified atom stereocenters. The van der Waals surface area contributed by atoms with Gasteiger partial charge < -0.3 is 14.2 Å². The molecule has 2 atom stereocenters. The Morgan fingerprint density at radius 1 is 1.06 bits per heavy atom. The molecule has 2 aliphatic rings. The number of carbonyl (C=O) groups excluding carboxylic acids is 2. The molecule has 0 bridgehead atoms. The molecule has 36 heavy (non-hydrogen) atoms. The molecule has 2 aromatic carbocycles. The summed E-state index contributed by atoms with van der Waals surface area (Å²) in [7, 11) is 3.22. The number of ether oxygens (including phenoxy) is 3. The van der Waals surface area contributed by atoms with Crippen molar-refractivity contribution < 1.29 is 23.8 Å². The van der Waals surface area contributed by atoms with E-state index in [2.05, 4.69) is 0 Å². The Hall–Kier alpha value is -3.39. The van der Waals surface area contributed by atoms with Gasteiger partial charge in [-0.05, 0) is 50.9 Å². The van der Waals surface area contributed by atoms with Crippen LogP contribution >= 0.6 is 0 Å². The Balaban J connectivity index is 1.64. The van der Waals surface area contributed by atoms with E-state index in [-0.39, 0.29) is 24.5 Å². The van der Waals surface area contributed by atoms with Gasteiger partial charge in [-0.2, -0.15) is 5.10 Å². The normalized spacial score (nSPS) is 20.1. The highest BCUT2D eigenvalue weighted by atomic mass is 16.5. The Morgan fingerprint density at radius 2 is 1.83 bits per heavy atom. The van der Waals surface area contributed by atoms with E-state index in [1.54, 1.807) is 26.2 Å². The molecule has 0 N–H and O–H groups in total. The average molecular weight is 494 g/mol. The van der Waals surface area contributed by atoms with Crippen LogP contribution in [0.3, 0.4) is 0 Å². The van der Waals surface area contributed by atoms with E-state index in [0.29, 0.717) is 37.5 Å². The van der Waals surface area contributed by atoms with Crippen molar-refractivity contribution in [3.63, 3.8) is 0 Å². The van der Waals surface area contributed by atoms with Crippen molar-refractivity contribution in [2.24, 2.45) is 5.10 Å². The van der Waals surface area contributed by atoms with Crippen LogP contribution in [0.25, 0.3) is 0 Å². The number of esters is 1. The second-order valence-corrected chi connectivity index (χ2v) is 9.21. The van der Waals surface area contributed by atoms with Crippen molar-refractivity contribution in [1.29, 1.82) is 0 Å². The third kappa shape index (κ3) is 5.54. The topological polar surface area (TPSA) is 80.7 Å². The highest BCUT2D eigenvalue weighted by Crippen LogP contribution is 2.39. The lowest BCUT2D eigenvalue weighted by molar-refractivity contribution is -0.152. The monoisotopic (exact) mass is 493 g/mol. The Kier molecular flexibility index (Phi) is 8.25. The van der Waals surface area contributed by atoms with Gasteiger partial charge in [0, 0.05) is 18.1 Å². The summed E-state index contributed by atoms with van der Waals surface area (Å²) < 4.78 is 16.3. The van der Waals surface area contributed by atoms with E-state index in [9.17, 15) is 9.59 Å². The summed E-state index contributed by atoms with van der Waals surface area (Å²) in [6, 6.07) is 13.0. The minimum atomic E-state index is -0.403. The van der Waals surface area contributed by atoms with Gasteiger partial charge in [-0.25, -0.2) is 5.01 Å². The third-order valence-electron chi connectivity index (χ3n) is 6.86. The molecule has 2 aliphatic heterocycles. The van der Waals surface area contributed by atoms with E-state index in [0.717, 1.165) is 35.2 Å². The summed E-state index contributed by atoms with van der Waals surface area (Å²) in [5, 5.41) is 6.37. The molecular formula is C28H35N3O5. The molecule has 1 saturated heterocycles. The fraction of sp³-hybridized carbons (Fsp3) is 0.464. The Morgan fingerprint density at radius 3 is 2.53 bits per heavy atom. The lowest BCUT2D eigenvalue weighted by Gasteiger charge is -2.34. The molecule has 0 aromatic heterocycles. The van der Waals surface area contributed by atoms with Crippen LogP contribution in [0, 0.1) is 6.92 Å². The molecule has 0 radical (unpaired) electrons. The lowest BCUT2D eigenvalue weighted by atomic mass is 9.97.